The van der Waals surface area contributed by atoms with Crippen molar-refractivity contribution < 1.29 is 10.2 Å². The van der Waals surface area contributed by atoms with Gasteiger partial charge in [0, 0.05) is 0 Å². The van der Waals surface area contributed by atoms with Crippen LogP contribution in [-0.2, 0) is 6.42 Å². The molecule has 0 bridgehead atoms. The maximum absolute atomic E-state index is 10.8. The lowest BCUT2D eigenvalue weighted by molar-refractivity contribution is 0.00636. The van der Waals surface area contributed by atoms with E-state index in [4.69, 9.17) is 0 Å². The Kier molecular flexibility index (Phi) is 3.10. The normalized spacial score (nSPS) is 44.0. The van der Waals surface area contributed by atoms with Gasteiger partial charge in [0.05, 0.1) is 6.10 Å². The van der Waals surface area contributed by atoms with Gasteiger partial charge < -0.3 is 10.2 Å². The van der Waals surface area contributed by atoms with Gasteiger partial charge in [0.2, 0.25) is 0 Å². The zero-order chi connectivity index (χ0) is 18.4. The van der Waals surface area contributed by atoms with Crippen molar-refractivity contribution in [2.45, 2.75) is 57.0 Å². The number of hydrogen-bond acceptors (Lipinski definition) is 2. The number of aromatic hydroxyl groups is 1. The molecule has 2 aromatic carbocycles. The van der Waals surface area contributed by atoms with Crippen molar-refractivity contribution in [2.75, 3.05) is 0 Å². The fourth-order valence-electron chi connectivity index (χ4n) is 7.91. The third-order valence-electron chi connectivity index (χ3n) is 8.97. The second kappa shape index (κ2) is 5.17. The van der Waals surface area contributed by atoms with E-state index in [1.54, 1.807) is 0 Å². The molecule has 2 heteroatoms. The van der Waals surface area contributed by atoms with E-state index in [0.29, 0.717) is 40.3 Å². The molecule has 0 saturated heterocycles. The number of rotatable bonds is 1. The highest BCUT2D eigenvalue weighted by Gasteiger charge is 2.77. The van der Waals surface area contributed by atoms with Crippen LogP contribution in [0.1, 0.15) is 61.1 Å². The third-order valence-corrected chi connectivity index (χ3v) is 8.97. The monoisotopic (exact) mass is 360 g/mol. The number of fused-ring (bicyclic) bond motifs is 3. The Morgan fingerprint density at radius 3 is 2.59 bits per heavy atom. The molecule has 2 nitrogen and oxygen atoms in total. The lowest BCUT2D eigenvalue weighted by atomic mass is 9.49. The summed E-state index contributed by atoms with van der Waals surface area (Å²) >= 11 is 0. The van der Waals surface area contributed by atoms with E-state index >= 15 is 0 Å². The Morgan fingerprint density at radius 2 is 1.81 bits per heavy atom. The van der Waals surface area contributed by atoms with Gasteiger partial charge in [-0.2, -0.15) is 0 Å². The molecule has 0 unspecified atom stereocenters. The predicted molar refractivity (Wildman–Crippen MR) is 106 cm³/mol. The maximum Gasteiger partial charge on any atom is 0.115 e. The first kappa shape index (κ1) is 16.2. The topological polar surface area (TPSA) is 40.5 Å². The summed E-state index contributed by atoms with van der Waals surface area (Å²) in [4.78, 5) is 0. The van der Waals surface area contributed by atoms with Crippen molar-refractivity contribution in [3.63, 3.8) is 0 Å². The van der Waals surface area contributed by atoms with Crippen LogP contribution in [0.2, 0.25) is 0 Å². The first-order valence-corrected chi connectivity index (χ1v) is 10.6. The second-order valence-corrected chi connectivity index (χ2v) is 9.96. The van der Waals surface area contributed by atoms with Gasteiger partial charge in [-0.1, -0.05) is 43.3 Å². The van der Waals surface area contributed by atoms with E-state index in [2.05, 4.69) is 43.3 Å². The van der Waals surface area contributed by atoms with E-state index in [-0.39, 0.29) is 6.10 Å². The molecule has 7 atom stereocenters. The largest absolute Gasteiger partial charge is 0.508 e. The first-order valence-electron chi connectivity index (χ1n) is 10.6. The van der Waals surface area contributed by atoms with Crippen LogP contribution in [-0.4, -0.2) is 16.3 Å². The minimum Gasteiger partial charge on any atom is -0.508 e. The Morgan fingerprint density at radius 1 is 1.00 bits per heavy atom. The van der Waals surface area contributed by atoms with Crippen molar-refractivity contribution in [3.8, 4) is 5.75 Å². The molecule has 2 N–H and O–H groups in total. The van der Waals surface area contributed by atoms with Crippen LogP contribution in [0.25, 0.3) is 0 Å². The van der Waals surface area contributed by atoms with Gasteiger partial charge in [-0.25, -0.2) is 0 Å². The quantitative estimate of drug-likeness (QED) is 0.751. The second-order valence-electron chi connectivity index (χ2n) is 9.96. The number of hydrogen-bond donors (Lipinski definition) is 2. The molecule has 0 radical (unpaired) electrons. The first-order chi connectivity index (χ1) is 13.0. The van der Waals surface area contributed by atoms with Crippen molar-refractivity contribution in [1.82, 2.24) is 0 Å². The standard InChI is InChI=1S/C25H28O2/c1-24-10-9-19-18-8-7-17(26)11-16(18)12-20(15-5-3-2-4-6-15)23(19)25(24)13-21(25)22(27)14-24/h2-8,11,19-23,26-27H,9-10,12-14H2,1H3/t19-,20+,21-,22-,23+,24-,25-/m1/s1. The van der Waals surface area contributed by atoms with Crippen LogP contribution in [0, 0.1) is 22.7 Å². The van der Waals surface area contributed by atoms with Crippen LogP contribution in [0.5, 0.6) is 5.75 Å². The van der Waals surface area contributed by atoms with E-state index in [0.717, 1.165) is 12.8 Å². The van der Waals surface area contributed by atoms with Crippen LogP contribution in [0.4, 0.5) is 0 Å². The van der Waals surface area contributed by atoms with Gasteiger partial charge in [-0.3, -0.25) is 0 Å². The molecule has 27 heavy (non-hydrogen) atoms. The Bertz CT molecular complexity index is 906. The lowest BCUT2D eigenvalue weighted by Gasteiger charge is -2.54. The van der Waals surface area contributed by atoms with E-state index in [1.165, 1.54) is 36.0 Å². The summed E-state index contributed by atoms with van der Waals surface area (Å²) in [6.07, 6.45) is 5.54. The highest BCUT2D eigenvalue weighted by molar-refractivity contribution is 5.45. The van der Waals surface area contributed by atoms with Gasteiger partial charge in [-0.15, -0.1) is 0 Å². The molecule has 2 aromatic rings. The summed E-state index contributed by atoms with van der Waals surface area (Å²) in [5.74, 6) is 2.54. The molecule has 0 aliphatic heterocycles. The van der Waals surface area contributed by atoms with Crippen molar-refractivity contribution in [2.24, 2.45) is 22.7 Å². The number of aliphatic hydroxyl groups is 1. The molecule has 4 aliphatic rings. The van der Waals surface area contributed by atoms with Crippen molar-refractivity contribution in [1.29, 1.82) is 0 Å². The van der Waals surface area contributed by atoms with E-state index in [9.17, 15) is 10.2 Å². The summed E-state index contributed by atoms with van der Waals surface area (Å²) < 4.78 is 0. The van der Waals surface area contributed by atoms with Crippen molar-refractivity contribution >= 4 is 0 Å². The molecule has 1 spiro atoms. The Balaban J connectivity index is 1.54. The lowest BCUT2D eigenvalue weighted by Crippen LogP contribution is -2.46. The third kappa shape index (κ3) is 1.95. The van der Waals surface area contributed by atoms with Crippen LogP contribution in [0.3, 0.4) is 0 Å². The Labute approximate surface area is 161 Å². The summed E-state index contributed by atoms with van der Waals surface area (Å²) in [6.45, 7) is 2.47. The van der Waals surface area contributed by atoms with Gasteiger partial charge >= 0.3 is 0 Å². The summed E-state index contributed by atoms with van der Waals surface area (Å²) in [5, 5.41) is 20.9. The minimum atomic E-state index is -0.105. The highest BCUT2D eigenvalue weighted by atomic mass is 16.3. The molecule has 3 saturated carbocycles. The fraction of sp³-hybridized carbons (Fsp3) is 0.520. The zero-order valence-corrected chi connectivity index (χ0v) is 15.9. The molecule has 0 heterocycles. The average molecular weight is 360 g/mol. The molecule has 3 fully saturated rings. The maximum atomic E-state index is 10.8. The van der Waals surface area contributed by atoms with Crippen LogP contribution >= 0.6 is 0 Å². The molecule has 140 valence electrons. The predicted octanol–water partition coefficient (Wildman–Crippen LogP) is 5.00. The highest BCUT2D eigenvalue weighted by Crippen LogP contribution is 2.82. The molecule has 6 rings (SSSR count). The van der Waals surface area contributed by atoms with Gasteiger partial charge in [0.15, 0.2) is 0 Å². The summed E-state index contributed by atoms with van der Waals surface area (Å²) in [6, 6.07) is 17.1. The summed E-state index contributed by atoms with van der Waals surface area (Å²) in [5.41, 5.74) is 4.84. The van der Waals surface area contributed by atoms with Gasteiger partial charge in [0.1, 0.15) is 5.75 Å². The van der Waals surface area contributed by atoms with Gasteiger partial charge in [0.25, 0.3) is 0 Å². The van der Waals surface area contributed by atoms with Crippen LogP contribution in [0.15, 0.2) is 48.5 Å². The molecule has 0 amide bonds. The SMILES string of the molecule is C[C@]12CC[C@@H]3c4ccc(O)cc4C[C@@H](c4ccccc4)[C@H]3[C@]13C[C@@H]3[C@H](O)C2. The molecule has 4 aliphatic carbocycles. The summed E-state index contributed by atoms with van der Waals surface area (Å²) in [7, 11) is 0. The smallest absolute Gasteiger partial charge is 0.115 e. The molecule has 0 aromatic heterocycles. The molecular formula is C25H28O2. The average Bonchev–Trinajstić information content (AvgIpc) is 3.37. The molecular weight excluding hydrogens is 332 g/mol. The van der Waals surface area contributed by atoms with Crippen molar-refractivity contribution in [3.05, 3.63) is 65.2 Å². The van der Waals surface area contributed by atoms with E-state index < -0.39 is 0 Å². The zero-order valence-electron chi connectivity index (χ0n) is 15.9. The van der Waals surface area contributed by atoms with Gasteiger partial charge in [-0.05, 0) is 95.4 Å². The van der Waals surface area contributed by atoms with E-state index in [1.807, 2.05) is 12.1 Å². The number of phenolic OH excluding ortho intramolecular Hbond substituents is 1. The number of aliphatic hydroxyl groups excluding tert-OH is 1. The number of benzene rings is 2. The minimum absolute atomic E-state index is 0.105. The fourth-order valence-corrected chi connectivity index (χ4v) is 7.91. The number of phenols is 1. The van der Waals surface area contributed by atoms with Crippen LogP contribution < -0.4 is 0 Å². The Hall–Kier alpha value is -1.80.